The van der Waals surface area contributed by atoms with Crippen LogP contribution in [0.25, 0.3) is 0 Å². The van der Waals surface area contributed by atoms with Crippen molar-refractivity contribution in [3.8, 4) is 11.5 Å². The molecule has 0 saturated heterocycles. The van der Waals surface area contributed by atoms with Crippen molar-refractivity contribution in [3.05, 3.63) is 66.1 Å². The van der Waals surface area contributed by atoms with Crippen molar-refractivity contribution in [2.75, 3.05) is 10.7 Å². The number of aromatic nitrogens is 2. The van der Waals surface area contributed by atoms with E-state index in [1.54, 1.807) is 24.3 Å². The van der Waals surface area contributed by atoms with Gasteiger partial charge in [0.05, 0.1) is 12.4 Å². The quantitative estimate of drug-likeness (QED) is 0.323. The molecule has 0 bridgehead atoms. The molecule has 7 nitrogen and oxygen atoms in total. The molecule has 0 amide bonds. The molecule has 126 valence electrons. The Balaban J connectivity index is 1.70. The predicted octanol–water partition coefficient (Wildman–Crippen LogP) is 3.22. The molecule has 2 aromatic carbocycles. The topological polar surface area (TPSA) is 103 Å². The fraction of sp³-hybridized carbons (Fsp3) is 0. The molecule has 3 rings (SSSR count). The zero-order valence-corrected chi connectivity index (χ0v) is 12.9. The van der Waals surface area contributed by atoms with Crippen LogP contribution in [0.15, 0.2) is 59.8 Å². The van der Waals surface area contributed by atoms with Gasteiger partial charge in [0.25, 0.3) is 0 Å². The van der Waals surface area contributed by atoms with Crippen LogP contribution < -0.4 is 10.7 Å². The van der Waals surface area contributed by atoms with Crippen molar-refractivity contribution in [2.24, 2.45) is 5.10 Å². The van der Waals surface area contributed by atoms with Gasteiger partial charge in [0.15, 0.2) is 11.6 Å². The number of phenols is 2. The lowest BCUT2D eigenvalue weighted by atomic mass is 10.2. The van der Waals surface area contributed by atoms with Crippen LogP contribution in [-0.2, 0) is 0 Å². The van der Waals surface area contributed by atoms with Crippen molar-refractivity contribution in [1.29, 1.82) is 0 Å². The van der Waals surface area contributed by atoms with Crippen LogP contribution in [0.4, 0.5) is 21.8 Å². The molecule has 3 aromatic rings. The first-order valence-electron chi connectivity index (χ1n) is 7.27. The molecule has 4 N–H and O–H groups in total. The van der Waals surface area contributed by atoms with E-state index in [1.807, 2.05) is 0 Å². The van der Waals surface area contributed by atoms with E-state index in [9.17, 15) is 14.6 Å². The molecule has 0 saturated carbocycles. The van der Waals surface area contributed by atoms with Gasteiger partial charge in [0.2, 0.25) is 5.95 Å². The Morgan fingerprint density at radius 1 is 0.960 bits per heavy atom. The summed E-state index contributed by atoms with van der Waals surface area (Å²) in [5, 5.41) is 25.2. The van der Waals surface area contributed by atoms with E-state index in [0.717, 1.165) is 11.8 Å². The van der Waals surface area contributed by atoms with Crippen LogP contribution in [0.2, 0.25) is 0 Å². The van der Waals surface area contributed by atoms with Gasteiger partial charge in [-0.3, -0.25) is 0 Å². The van der Waals surface area contributed by atoms with E-state index < -0.39 is 5.82 Å². The first kappa shape index (κ1) is 16.2. The van der Waals surface area contributed by atoms with Gasteiger partial charge in [-0.15, -0.1) is 0 Å². The first-order chi connectivity index (χ1) is 12.1. The summed E-state index contributed by atoms with van der Waals surface area (Å²) in [6, 6.07) is 12.6. The molecular formula is C17H14FN5O2. The number of phenolic OH excluding ortho intramolecular Hbond substituents is 2. The Labute approximate surface area is 142 Å². The second-order valence-corrected chi connectivity index (χ2v) is 5.02. The number of aromatic hydroxyl groups is 2. The minimum Gasteiger partial charge on any atom is -0.508 e. The highest BCUT2D eigenvalue weighted by atomic mass is 19.1. The zero-order valence-electron chi connectivity index (χ0n) is 12.9. The van der Waals surface area contributed by atoms with Crippen molar-refractivity contribution in [2.45, 2.75) is 0 Å². The van der Waals surface area contributed by atoms with Gasteiger partial charge in [-0.25, -0.2) is 14.8 Å². The van der Waals surface area contributed by atoms with Gasteiger partial charge in [-0.05, 0) is 54.1 Å². The molecule has 8 heteroatoms. The van der Waals surface area contributed by atoms with E-state index in [1.165, 1.54) is 30.5 Å². The Morgan fingerprint density at radius 2 is 1.60 bits per heavy atom. The molecule has 0 aliphatic rings. The predicted molar refractivity (Wildman–Crippen MR) is 92.7 cm³/mol. The lowest BCUT2D eigenvalue weighted by Gasteiger charge is -2.07. The van der Waals surface area contributed by atoms with E-state index in [0.29, 0.717) is 5.69 Å². The van der Waals surface area contributed by atoms with Gasteiger partial charge >= 0.3 is 0 Å². The average molecular weight is 339 g/mol. The van der Waals surface area contributed by atoms with E-state index in [-0.39, 0.29) is 23.3 Å². The summed E-state index contributed by atoms with van der Waals surface area (Å²) in [5.74, 6) is -0.265. The second-order valence-electron chi connectivity index (χ2n) is 5.02. The maximum atomic E-state index is 13.8. The molecule has 0 unspecified atom stereocenters. The number of hydrogen-bond acceptors (Lipinski definition) is 7. The summed E-state index contributed by atoms with van der Waals surface area (Å²) in [4.78, 5) is 7.82. The maximum absolute atomic E-state index is 13.8. The van der Waals surface area contributed by atoms with Crippen molar-refractivity contribution >= 4 is 23.7 Å². The molecule has 0 aliphatic carbocycles. The normalized spacial score (nSPS) is 10.8. The molecule has 0 atom stereocenters. The van der Waals surface area contributed by atoms with Crippen LogP contribution in [0.3, 0.4) is 0 Å². The van der Waals surface area contributed by atoms with Gasteiger partial charge in [-0.2, -0.15) is 10.1 Å². The van der Waals surface area contributed by atoms with Crippen LogP contribution in [0.1, 0.15) is 5.56 Å². The van der Waals surface area contributed by atoms with Crippen molar-refractivity contribution in [1.82, 2.24) is 9.97 Å². The third-order valence-corrected chi connectivity index (χ3v) is 3.15. The molecule has 25 heavy (non-hydrogen) atoms. The fourth-order valence-corrected chi connectivity index (χ4v) is 1.92. The average Bonchev–Trinajstić information content (AvgIpc) is 2.61. The summed E-state index contributed by atoms with van der Waals surface area (Å²) >= 11 is 0. The van der Waals surface area contributed by atoms with E-state index in [4.69, 9.17) is 0 Å². The van der Waals surface area contributed by atoms with Crippen molar-refractivity contribution < 1.29 is 14.6 Å². The largest absolute Gasteiger partial charge is 0.508 e. The molecule has 1 heterocycles. The van der Waals surface area contributed by atoms with Crippen LogP contribution >= 0.6 is 0 Å². The molecule has 0 radical (unpaired) electrons. The number of anilines is 3. The van der Waals surface area contributed by atoms with E-state index in [2.05, 4.69) is 25.8 Å². The Bertz CT molecular complexity index is 883. The monoisotopic (exact) mass is 339 g/mol. The number of hydrogen-bond donors (Lipinski definition) is 4. The van der Waals surface area contributed by atoms with Crippen LogP contribution in [0.5, 0.6) is 11.5 Å². The maximum Gasteiger partial charge on any atom is 0.245 e. The lowest BCUT2D eigenvalue weighted by Crippen LogP contribution is -2.03. The van der Waals surface area contributed by atoms with Gasteiger partial charge in [0, 0.05) is 5.69 Å². The number of nitrogens with zero attached hydrogens (tertiary/aromatic N) is 3. The summed E-state index contributed by atoms with van der Waals surface area (Å²) in [6.45, 7) is 0. The van der Waals surface area contributed by atoms with Gasteiger partial charge in [0.1, 0.15) is 11.5 Å². The number of rotatable bonds is 5. The molecule has 1 aromatic heterocycles. The van der Waals surface area contributed by atoms with Crippen molar-refractivity contribution in [3.63, 3.8) is 0 Å². The van der Waals surface area contributed by atoms with Crippen LogP contribution in [-0.4, -0.2) is 26.4 Å². The minimum atomic E-state index is -0.624. The second kappa shape index (κ2) is 7.26. The highest BCUT2D eigenvalue weighted by Crippen LogP contribution is 2.20. The van der Waals surface area contributed by atoms with Gasteiger partial charge in [-0.1, -0.05) is 0 Å². The summed E-state index contributed by atoms with van der Waals surface area (Å²) < 4.78 is 13.8. The number of halogens is 1. The van der Waals surface area contributed by atoms with E-state index >= 15 is 0 Å². The Kier molecular flexibility index (Phi) is 4.70. The third kappa shape index (κ3) is 4.41. The SMILES string of the molecule is Oc1ccc(/C=N/Nc2ncc(F)c(Nc3ccc(O)cc3)n2)cc1. The fourth-order valence-electron chi connectivity index (χ4n) is 1.92. The lowest BCUT2D eigenvalue weighted by molar-refractivity contribution is 0.475. The summed E-state index contributed by atoms with van der Waals surface area (Å²) in [6.07, 6.45) is 2.54. The summed E-state index contributed by atoms with van der Waals surface area (Å²) in [5.41, 5.74) is 3.93. The number of benzene rings is 2. The first-order valence-corrected chi connectivity index (χ1v) is 7.27. The Hall–Kier alpha value is -3.68. The minimum absolute atomic E-state index is 0.0250. The smallest absolute Gasteiger partial charge is 0.245 e. The standard InChI is InChI=1S/C17H14FN5O2/c18-15-10-19-17(23-20-9-11-1-5-13(24)6-2-11)22-16(15)21-12-3-7-14(25)8-4-12/h1-10,24-25H,(H2,19,21,22,23)/b20-9+. The third-order valence-electron chi connectivity index (χ3n) is 3.15. The molecule has 0 aliphatic heterocycles. The highest BCUT2D eigenvalue weighted by Gasteiger charge is 2.07. The number of hydrazone groups is 1. The van der Waals surface area contributed by atoms with Gasteiger partial charge < -0.3 is 15.5 Å². The summed E-state index contributed by atoms with van der Waals surface area (Å²) in [7, 11) is 0. The number of nitrogens with one attached hydrogen (secondary N) is 2. The molecule has 0 fully saturated rings. The highest BCUT2D eigenvalue weighted by molar-refractivity contribution is 5.80. The molecule has 0 spiro atoms. The zero-order chi connectivity index (χ0) is 17.6. The Morgan fingerprint density at radius 3 is 2.28 bits per heavy atom. The molecular weight excluding hydrogens is 325 g/mol. The van der Waals surface area contributed by atoms with Crippen LogP contribution in [0, 0.1) is 5.82 Å².